The Balaban J connectivity index is 2.13. The highest BCUT2D eigenvalue weighted by Crippen LogP contribution is 2.34. The van der Waals surface area contributed by atoms with E-state index in [1.165, 1.54) is 7.11 Å². The van der Waals surface area contributed by atoms with E-state index in [2.05, 4.69) is 6.08 Å². The lowest BCUT2D eigenvalue weighted by molar-refractivity contribution is 0.0600. The van der Waals surface area contributed by atoms with Crippen LogP contribution in [0, 0.1) is 6.92 Å². The zero-order valence-corrected chi connectivity index (χ0v) is 13.4. The third-order valence-corrected chi connectivity index (χ3v) is 4.33. The zero-order chi connectivity index (χ0) is 16.4. The third-order valence-electron chi connectivity index (χ3n) is 4.33. The van der Waals surface area contributed by atoms with Gasteiger partial charge in [0.15, 0.2) is 0 Å². The first kappa shape index (κ1) is 15.3. The number of ether oxygens (including phenoxy) is 1. The van der Waals surface area contributed by atoms with Gasteiger partial charge in [-0.15, -0.1) is 0 Å². The van der Waals surface area contributed by atoms with Gasteiger partial charge in [-0.1, -0.05) is 18.2 Å². The molecule has 3 nitrogen and oxygen atoms in total. The van der Waals surface area contributed by atoms with Crippen molar-refractivity contribution in [2.45, 2.75) is 26.2 Å². The van der Waals surface area contributed by atoms with Crippen molar-refractivity contribution in [1.29, 1.82) is 0 Å². The van der Waals surface area contributed by atoms with Crippen LogP contribution >= 0.6 is 0 Å². The maximum Gasteiger partial charge on any atom is 0.337 e. The van der Waals surface area contributed by atoms with E-state index < -0.39 is 0 Å². The van der Waals surface area contributed by atoms with E-state index in [1.807, 2.05) is 37.3 Å². The van der Waals surface area contributed by atoms with Crippen molar-refractivity contribution in [1.82, 2.24) is 0 Å². The summed E-state index contributed by atoms with van der Waals surface area (Å²) in [4.78, 5) is 11.8. The van der Waals surface area contributed by atoms with E-state index in [9.17, 15) is 9.90 Å². The molecule has 0 saturated heterocycles. The maximum absolute atomic E-state index is 11.8. The van der Waals surface area contributed by atoms with Gasteiger partial charge in [0.25, 0.3) is 0 Å². The molecule has 0 aliphatic heterocycles. The van der Waals surface area contributed by atoms with Crippen LogP contribution in [0.3, 0.4) is 0 Å². The third kappa shape index (κ3) is 3.00. The van der Waals surface area contributed by atoms with Gasteiger partial charge >= 0.3 is 5.97 Å². The quantitative estimate of drug-likeness (QED) is 0.843. The van der Waals surface area contributed by atoms with Crippen molar-refractivity contribution < 1.29 is 14.6 Å². The predicted molar refractivity (Wildman–Crippen MR) is 90.6 cm³/mol. The molecule has 1 aliphatic rings. The van der Waals surface area contributed by atoms with Gasteiger partial charge in [0, 0.05) is 0 Å². The van der Waals surface area contributed by atoms with Gasteiger partial charge in [0.05, 0.1) is 12.7 Å². The number of methoxy groups -OCH3 is 1. The van der Waals surface area contributed by atoms with Crippen LogP contribution in [0.25, 0.3) is 5.57 Å². The number of fused-ring (bicyclic) bond motifs is 1. The molecular formula is C20H20O3. The molecular weight excluding hydrogens is 288 g/mol. The van der Waals surface area contributed by atoms with Crippen LogP contribution in [0.1, 0.15) is 45.5 Å². The SMILES string of the molecule is COC(=O)c1ccc2c(c1)CCCC=C2c1cc(O)ccc1C. The number of carbonyl (C=O) groups is 1. The summed E-state index contributed by atoms with van der Waals surface area (Å²) in [5, 5.41) is 9.85. The first-order valence-electron chi connectivity index (χ1n) is 7.82. The second-order valence-corrected chi connectivity index (χ2v) is 5.87. The first-order valence-corrected chi connectivity index (χ1v) is 7.82. The largest absolute Gasteiger partial charge is 0.508 e. The van der Waals surface area contributed by atoms with Gasteiger partial charge in [-0.2, -0.15) is 0 Å². The van der Waals surface area contributed by atoms with Gasteiger partial charge in [-0.05, 0) is 78.3 Å². The standard InChI is InChI=1S/C20H20O3/c1-13-7-9-16(21)12-19(13)18-6-4-3-5-14-11-15(20(22)23-2)8-10-17(14)18/h6-12,21H,3-5H2,1-2H3. The molecule has 0 spiro atoms. The highest BCUT2D eigenvalue weighted by molar-refractivity contribution is 5.91. The molecule has 3 rings (SSSR count). The Hall–Kier alpha value is -2.55. The normalized spacial score (nSPS) is 13.7. The fraction of sp³-hybridized carbons (Fsp3) is 0.250. The summed E-state index contributed by atoms with van der Waals surface area (Å²) in [5.74, 6) is -0.0420. The average molecular weight is 308 g/mol. The summed E-state index contributed by atoms with van der Waals surface area (Å²) >= 11 is 0. The summed E-state index contributed by atoms with van der Waals surface area (Å²) in [6, 6.07) is 11.2. The lowest BCUT2D eigenvalue weighted by Crippen LogP contribution is -2.04. The summed E-state index contributed by atoms with van der Waals surface area (Å²) in [6.07, 6.45) is 5.18. The number of aryl methyl sites for hydroxylation is 2. The summed E-state index contributed by atoms with van der Waals surface area (Å²) in [6.45, 7) is 2.04. The molecule has 0 radical (unpaired) electrons. The molecule has 0 bridgehead atoms. The smallest absolute Gasteiger partial charge is 0.337 e. The Morgan fingerprint density at radius 1 is 1.13 bits per heavy atom. The van der Waals surface area contributed by atoms with Crippen LogP contribution in [0.2, 0.25) is 0 Å². The van der Waals surface area contributed by atoms with Gasteiger partial charge in [0.2, 0.25) is 0 Å². The fourth-order valence-electron chi connectivity index (χ4n) is 3.11. The van der Waals surface area contributed by atoms with Crippen LogP contribution < -0.4 is 0 Å². The molecule has 2 aromatic carbocycles. The topological polar surface area (TPSA) is 46.5 Å². The summed E-state index contributed by atoms with van der Waals surface area (Å²) < 4.78 is 4.82. The van der Waals surface area contributed by atoms with Crippen LogP contribution in [-0.4, -0.2) is 18.2 Å². The minimum absolute atomic E-state index is 0.267. The highest BCUT2D eigenvalue weighted by Gasteiger charge is 2.17. The number of aromatic hydroxyl groups is 1. The average Bonchev–Trinajstić information content (AvgIpc) is 2.78. The van der Waals surface area contributed by atoms with E-state index >= 15 is 0 Å². The second-order valence-electron chi connectivity index (χ2n) is 5.87. The number of carbonyl (C=O) groups excluding carboxylic acids is 1. The Morgan fingerprint density at radius 3 is 2.74 bits per heavy atom. The molecule has 0 unspecified atom stereocenters. The van der Waals surface area contributed by atoms with E-state index in [0.29, 0.717) is 5.56 Å². The molecule has 1 aliphatic carbocycles. The van der Waals surface area contributed by atoms with Crippen molar-refractivity contribution in [3.05, 3.63) is 70.3 Å². The van der Waals surface area contributed by atoms with Crippen LogP contribution in [0.5, 0.6) is 5.75 Å². The number of esters is 1. The molecule has 2 aromatic rings. The number of benzene rings is 2. The van der Waals surface area contributed by atoms with Crippen molar-refractivity contribution in [3.63, 3.8) is 0 Å². The minimum atomic E-state index is -0.309. The fourth-order valence-corrected chi connectivity index (χ4v) is 3.11. The lowest BCUT2D eigenvalue weighted by atomic mass is 9.90. The number of allylic oxidation sites excluding steroid dienone is 1. The molecule has 0 atom stereocenters. The number of hydrogen-bond donors (Lipinski definition) is 1. The molecule has 0 aromatic heterocycles. The number of rotatable bonds is 2. The minimum Gasteiger partial charge on any atom is -0.508 e. The molecule has 1 N–H and O–H groups in total. The van der Waals surface area contributed by atoms with E-state index in [4.69, 9.17) is 4.74 Å². The van der Waals surface area contributed by atoms with E-state index in [0.717, 1.165) is 47.1 Å². The maximum atomic E-state index is 11.8. The Kier molecular flexibility index (Phi) is 4.20. The predicted octanol–water partition coefficient (Wildman–Crippen LogP) is 4.26. The molecule has 0 heterocycles. The van der Waals surface area contributed by atoms with E-state index in [-0.39, 0.29) is 11.7 Å². The van der Waals surface area contributed by atoms with Gasteiger partial charge in [-0.3, -0.25) is 0 Å². The van der Waals surface area contributed by atoms with Crippen molar-refractivity contribution in [2.24, 2.45) is 0 Å². The number of hydrogen-bond acceptors (Lipinski definition) is 3. The molecule has 23 heavy (non-hydrogen) atoms. The van der Waals surface area contributed by atoms with Crippen LogP contribution in [0.15, 0.2) is 42.5 Å². The summed E-state index contributed by atoms with van der Waals surface area (Å²) in [5.41, 5.74) is 6.16. The van der Waals surface area contributed by atoms with Crippen molar-refractivity contribution in [2.75, 3.05) is 7.11 Å². The molecule has 0 fully saturated rings. The Labute approximate surface area is 136 Å². The monoisotopic (exact) mass is 308 g/mol. The number of phenols is 1. The molecule has 0 amide bonds. The first-order chi connectivity index (χ1) is 11.1. The van der Waals surface area contributed by atoms with Crippen LogP contribution in [0.4, 0.5) is 0 Å². The summed E-state index contributed by atoms with van der Waals surface area (Å²) in [7, 11) is 1.40. The second kappa shape index (κ2) is 6.29. The molecule has 3 heteroatoms. The van der Waals surface area contributed by atoms with Gasteiger partial charge in [-0.25, -0.2) is 4.79 Å². The lowest BCUT2D eigenvalue weighted by Gasteiger charge is -2.15. The van der Waals surface area contributed by atoms with Crippen molar-refractivity contribution in [3.8, 4) is 5.75 Å². The Bertz CT molecular complexity index is 787. The van der Waals surface area contributed by atoms with Gasteiger partial charge < -0.3 is 9.84 Å². The zero-order valence-electron chi connectivity index (χ0n) is 13.4. The van der Waals surface area contributed by atoms with Crippen molar-refractivity contribution >= 4 is 11.5 Å². The van der Waals surface area contributed by atoms with Gasteiger partial charge in [0.1, 0.15) is 5.75 Å². The molecule has 0 saturated carbocycles. The number of phenolic OH excluding ortho intramolecular Hbond substituents is 1. The Morgan fingerprint density at radius 2 is 1.96 bits per heavy atom. The molecule has 118 valence electrons. The highest BCUT2D eigenvalue weighted by atomic mass is 16.5. The van der Waals surface area contributed by atoms with E-state index in [1.54, 1.807) is 6.07 Å². The van der Waals surface area contributed by atoms with Crippen LogP contribution in [-0.2, 0) is 11.2 Å².